The van der Waals surface area contributed by atoms with Gasteiger partial charge in [-0.25, -0.2) is 4.98 Å². The molecule has 1 fully saturated rings. The fourth-order valence-corrected chi connectivity index (χ4v) is 3.33. The van der Waals surface area contributed by atoms with E-state index in [9.17, 15) is 0 Å². The van der Waals surface area contributed by atoms with E-state index in [1.54, 1.807) is 18.4 Å². The van der Waals surface area contributed by atoms with E-state index >= 15 is 0 Å². The van der Waals surface area contributed by atoms with Gasteiger partial charge in [0, 0.05) is 24.4 Å². The van der Waals surface area contributed by atoms with Crippen LogP contribution in [-0.4, -0.2) is 19.1 Å². The van der Waals surface area contributed by atoms with E-state index in [1.807, 2.05) is 31.3 Å². The van der Waals surface area contributed by atoms with Gasteiger partial charge in [-0.2, -0.15) is 0 Å². The van der Waals surface area contributed by atoms with E-state index in [0.717, 1.165) is 16.6 Å². The standard InChI is InChI=1S/C15H19N3OS/c1-18(11-5-3-4-6-12(11)19-2)15-17-14(10-7-8-10)13(9-16)20-15/h3-6,10H,7-9,16H2,1-2H3. The van der Waals surface area contributed by atoms with E-state index in [1.165, 1.54) is 23.4 Å². The first-order valence-corrected chi connectivity index (χ1v) is 7.62. The fraction of sp³-hybridized carbons (Fsp3) is 0.400. The summed E-state index contributed by atoms with van der Waals surface area (Å²) in [5.74, 6) is 1.48. The number of thiazole rings is 1. The number of nitrogens with two attached hydrogens (primary N) is 1. The topological polar surface area (TPSA) is 51.4 Å². The molecule has 0 atom stereocenters. The first-order valence-electron chi connectivity index (χ1n) is 6.81. The van der Waals surface area contributed by atoms with Crippen LogP contribution < -0.4 is 15.4 Å². The molecule has 106 valence electrons. The van der Waals surface area contributed by atoms with E-state index in [4.69, 9.17) is 15.5 Å². The summed E-state index contributed by atoms with van der Waals surface area (Å²) in [5.41, 5.74) is 8.08. The van der Waals surface area contributed by atoms with Crippen molar-refractivity contribution in [2.75, 3.05) is 19.1 Å². The lowest BCUT2D eigenvalue weighted by Gasteiger charge is -2.18. The van der Waals surface area contributed by atoms with Crippen molar-refractivity contribution < 1.29 is 4.74 Å². The first-order chi connectivity index (χ1) is 9.74. The van der Waals surface area contributed by atoms with Gasteiger partial charge in [-0.05, 0) is 25.0 Å². The third-order valence-electron chi connectivity index (χ3n) is 3.60. The van der Waals surface area contributed by atoms with Crippen molar-refractivity contribution in [3.8, 4) is 5.75 Å². The highest BCUT2D eigenvalue weighted by Crippen LogP contribution is 2.45. The van der Waals surface area contributed by atoms with E-state index < -0.39 is 0 Å². The number of rotatable bonds is 5. The Morgan fingerprint density at radius 2 is 2.15 bits per heavy atom. The minimum absolute atomic E-state index is 0.573. The van der Waals surface area contributed by atoms with Crippen LogP contribution >= 0.6 is 11.3 Å². The summed E-state index contributed by atoms with van der Waals surface area (Å²) in [6.45, 7) is 0.573. The Labute approximate surface area is 123 Å². The van der Waals surface area contributed by atoms with E-state index in [-0.39, 0.29) is 0 Å². The summed E-state index contributed by atoms with van der Waals surface area (Å²) >= 11 is 1.68. The second-order valence-corrected chi connectivity index (χ2v) is 6.08. The highest BCUT2D eigenvalue weighted by molar-refractivity contribution is 7.15. The van der Waals surface area contributed by atoms with Gasteiger partial charge >= 0.3 is 0 Å². The van der Waals surface area contributed by atoms with Crippen molar-refractivity contribution in [2.45, 2.75) is 25.3 Å². The number of para-hydroxylation sites is 2. The Kier molecular flexibility index (Phi) is 3.63. The third-order valence-corrected chi connectivity index (χ3v) is 4.77. The Balaban J connectivity index is 1.95. The lowest BCUT2D eigenvalue weighted by Crippen LogP contribution is -2.10. The summed E-state index contributed by atoms with van der Waals surface area (Å²) in [6, 6.07) is 7.98. The van der Waals surface area contributed by atoms with Crippen molar-refractivity contribution in [2.24, 2.45) is 5.73 Å². The monoisotopic (exact) mass is 289 g/mol. The molecule has 0 saturated heterocycles. The zero-order chi connectivity index (χ0) is 14.1. The summed E-state index contributed by atoms with van der Waals surface area (Å²) in [6.07, 6.45) is 2.49. The van der Waals surface area contributed by atoms with Gasteiger partial charge in [0.2, 0.25) is 0 Å². The maximum Gasteiger partial charge on any atom is 0.190 e. The SMILES string of the molecule is COc1ccccc1N(C)c1nc(C2CC2)c(CN)s1. The number of hydrogen-bond donors (Lipinski definition) is 1. The van der Waals surface area contributed by atoms with Crippen LogP contribution in [-0.2, 0) is 6.54 Å². The number of methoxy groups -OCH3 is 1. The van der Waals surface area contributed by atoms with Gasteiger partial charge in [0.1, 0.15) is 5.75 Å². The Morgan fingerprint density at radius 1 is 1.40 bits per heavy atom. The quantitative estimate of drug-likeness (QED) is 0.918. The van der Waals surface area contributed by atoms with Gasteiger partial charge in [0.25, 0.3) is 0 Å². The van der Waals surface area contributed by atoms with Gasteiger partial charge < -0.3 is 15.4 Å². The van der Waals surface area contributed by atoms with Gasteiger partial charge in [-0.15, -0.1) is 0 Å². The molecule has 1 aromatic heterocycles. The predicted molar refractivity (Wildman–Crippen MR) is 83.0 cm³/mol. The van der Waals surface area contributed by atoms with Gasteiger partial charge in [-0.3, -0.25) is 0 Å². The van der Waals surface area contributed by atoms with Crippen LogP contribution in [0.5, 0.6) is 5.75 Å². The molecule has 1 heterocycles. The maximum absolute atomic E-state index is 5.85. The summed E-state index contributed by atoms with van der Waals surface area (Å²) in [7, 11) is 3.71. The smallest absolute Gasteiger partial charge is 0.190 e. The summed E-state index contributed by atoms with van der Waals surface area (Å²) in [4.78, 5) is 8.09. The molecule has 0 amide bonds. The molecule has 0 unspecified atom stereocenters. The molecule has 1 aromatic carbocycles. The molecule has 0 bridgehead atoms. The fourth-order valence-electron chi connectivity index (χ4n) is 2.33. The van der Waals surface area contributed by atoms with Crippen molar-refractivity contribution in [1.29, 1.82) is 0 Å². The molecule has 20 heavy (non-hydrogen) atoms. The average Bonchev–Trinajstić information content (AvgIpc) is 3.25. The minimum atomic E-state index is 0.573. The van der Waals surface area contributed by atoms with Crippen LogP contribution in [0.4, 0.5) is 10.8 Å². The molecule has 4 nitrogen and oxygen atoms in total. The van der Waals surface area contributed by atoms with Crippen LogP contribution in [0.25, 0.3) is 0 Å². The molecule has 3 rings (SSSR count). The second kappa shape index (κ2) is 5.42. The number of nitrogens with zero attached hydrogens (tertiary/aromatic N) is 2. The Hall–Kier alpha value is -1.59. The molecule has 0 radical (unpaired) electrons. The molecule has 1 saturated carbocycles. The van der Waals surface area contributed by atoms with Crippen molar-refractivity contribution >= 4 is 22.2 Å². The average molecular weight is 289 g/mol. The Bertz CT molecular complexity index is 607. The van der Waals surface area contributed by atoms with E-state index in [0.29, 0.717) is 12.5 Å². The minimum Gasteiger partial charge on any atom is -0.495 e. The lowest BCUT2D eigenvalue weighted by atomic mass is 10.2. The molecule has 2 N–H and O–H groups in total. The van der Waals surface area contributed by atoms with Gasteiger partial charge in [0.05, 0.1) is 18.5 Å². The molecular weight excluding hydrogens is 270 g/mol. The molecule has 2 aromatic rings. The maximum atomic E-state index is 5.85. The van der Waals surface area contributed by atoms with Crippen LogP contribution in [0, 0.1) is 0 Å². The molecule has 1 aliphatic carbocycles. The van der Waals surface area contributed by atoms with Crippen molar-refractivity contribution in [3.05, 3.63) is 34.8 Å². The number of benzene rings is 1. The summed E-state index contributed by atoms with van der Waals surface area (Å²) in [5, 5.41) is 0.983. The highest BCUT2D eigenvalue weighted by atomic mass is 32.1. The molecule has 5 heteroatoms. The molecular formula is C15H19N3OS. The number of anilines is 2. The number of aromatic nitrogens is 1. The van der Waals surface area contributed by atoms with Crippen LogP contribution in [0.3, 0.4) is 0 Å². The van der Waals surface area contributed by atoms with Crippen LogP contribution in [0.2, 0.25) is 0 Å². The van der Waals surface area contributed by atoms with Crippen molar-refractivity contribution in [1.82, 2.24) is 4.98 Å². The normalized spacial score (nSPS) is 14.3. The van der Waals surface area contributed by atoms with Crippen molar-refractivity contribution in [3.63, 3.8) is 0 Å². The number of ether oxygens (including phenoxy) is 1. The first kappa shape index (κ1) is 13.4. The lowest BCUT2D eigenvalue weighted by molar-refractivity contribution is 0.415. The molecule has 0 spiro atoms. The van der Waals surface area contributed by atoms with Gasteiger partial charge in [-0.1, -0.05) is 23.5 Å². The second-order valence-electron chi connectivity index (χ2n) is 5.01. The zero-order valence-corrected chi connectivity index (χ0v) is 12.6. The Morgan fingerprint density at radius 3 is 2.80 bits per heavy atom. The highest BCUT2D eigenvalue weighted by Gasteiger charge is 2.30. The van der Waals surface area contributed by atoms with Crippen LogP contribution in [0.1, 0.15) is 29.3 Å². The zero-order valence-electron chi connectivity index (χ0n) is 11.8. The third kappa shape index (κ3) is 2.39. The van der Waals surface area contributed by atoms with E-state index in [2.05, 4.69) is 4.90 Å². The van der Waals surface area contributed by atoms with Crippen LogP contribution in [0.15, 0.2) is 24.3 Å². The molecule has 1 aliphatic rings. The predicted octanol–water partition coefficient (Wildman–Crippen LogP) is 3.26. The summed E-state index contributed by atoms with van der Waals surface area (Å²) < 4.78 is 5.42. The largest absolute Gasteiger partial charge is 0.495 e. The molecule has 0 aliphatic heterocycles. The van der Waals surface area contributed by atoms with Gasteiger partial charge in [0.15, 0.2) is 5.13 Å². The number of hydrogen-bond acceptors (Lipinski definition) is 5.